The summed E-state index contributed by atoms with van der Waals surface area (Å²) in [5.41, 5.74) is 4.21. The second-order valence-electron chi connectivity index (χ2n) is 4.95. The molecule has 3 aromatic rings. The molecule has 0 N–H and O–H groups in total. The Morgan fingerprint density at radius 3 is 2.52 bits per heavy atom. The van der Waals surface area contributed by atoms with Crippen molar-refractivity contribution in [2.75, 3.05) is 0 Å². The summed E-state index contributed by atoms with van der Waals surface area (Å²) < 4.78 is 3.65. The summed E-state index contributed by atoms with van der Waals surface area (Å²) in [5.74, 6) is 0. The lowest BCUT2D eigenvalue weighted by molar-refractivity contribution is 0.112. The predicted molar refractivity (Wildman–Crippen MR) is 79.8 cm³/mol. The number of hydrogen-bond donors (Lipinski definition) is 0. The van der Waals surface area contributed by atoms with Gasteiger partial charge in [0.15, 0.2) is 6.29 Å². The maximum absolute atomic E-state index is 11.0. The standard InChI is InChI=1S/C16H16N4O/c1-12-16(11-21)13(2)20(17-12)10-14-8-9-19(18-14)15-6-4-3-5-7-15/h3-9,11H,10H2,1-2H3. The largest absolute Gasteiger partial charge is 0.298 e. The van der Waals surface area contributed by atoms with Crippen LogP contribution in [0.15, 0.2) is 42.6 Å². The van der Waals surface area contributed by atoms with E-state index in [1.54, 1.807) is 0 Å². The number of aromatic nitrogens is 4. The molecule has 0 fully saturated rings. The van der Waals surface area contributed by atoms with Gasteiger partial charge in [-0.3, -0.25) is 9.48 Å². The molecule has 3 rings (SSSR count). The lowest BCUT2D eigenvalue weighted by Crippen LogP contribution is -2.06. The van der Waals surface area contributed by atoms with Crippen LogP contribution < -0.4 is 0 Å². The molecule has 1 aromatic carbocycles. The monoisotopic (exact) mass is 280 g/mol. The lowest BCUT2D eigenvalue weighted by atomic mass is 10.2. The van der Waals surface area contributed by atoms with Gasteiger partial charge < -0.3 is 0 Å². The summed E-state index contributed by atoms with van der Waals surface area (Å²) >= 11 is 0. The molecular weight excluding hydrogens is 264 g/mol. The van der Waals surface area contributed by atoms with E-state index < -0.39 is 0 Å². The van der Waals surface area contributed by atoms with E-state index in [2.05, 4.69) is 10.2 Å². The molecule has 0 saturated carbocycles. The molecule has 0 aliphatic rings. The summed E-state index contributed by atoms with van der Waals surface area (Å²) in [4.78, 5) is 11.0. The van der Waals surface area contributed by atoms with Gasteiger partial charge in [-0.25, -0.2) is 4.68 Å². The molecule has 0 spiro atoms. The fourth-order valence-electron chi connectivity index (χ4n) is 2.36. The van der Waals surface area contributed by atoms with E-state index in [0.29, 0.717) is 12.1 Å². The topological polar surface area (TPSA) is 52.7 Å². The molecular formula is C16H16N4O. The third kappa shape index (κ3) is 2.50. The molecule has 0 aliphatic carbocycles. The predicted octanol–water partition coefficient (Wildman–Crippen LogP) is 2.55. The van der Waals surface area contributed by atoms with Crippen molar-refractivity contribution < 1.29 is 4.79 Å². The minimum absolute atomic E-state index is 0.556. The van der Waals surface area contributed by atoms with Crippen LogP contribution in [0, 0.1) is 13.8 Å². The molecule has 21 heavy (non-hydrogen) atoms. The van der Waals surface area contributed by atoms with Crippen LogP contribution in [-0.4, -0.2) is 25.8 Å². The number of hydrogen-bond acceptors (Lipinski definition) is 3. The van der Waals surface area contributed by atoms with E-state index in [0.717, 1.165) is 29.1 Å². The molecule has 0 radical (unpaired) electrons. The highest BCUT2D eigenvalue weighted by atomic mass is 16.1. The van der Waals surface area contributed by atoms with E-state index >= 15 is 0 Å². The van der Waals surface area contributed by atoms with Gasteiger partial charge in [-0.1, -0.05) is 18.2 Å². The first-order valence-electron chi connectivity index (χ1n) is 6.78. The highest BCUT2D eigenvalue weighted by molar-refractivity contribution is 5.78. The van der Waals surface area contributed by atoms with Gasteiger partial charge >= 0.3 is 0 Å². The molecule has 0 unspecified atom stereocenters. The SMILES string of the molecule is Cc1nn(Cc2ccn(-c3ccccc3)n2)c(C)c1C=O. The summed E-state index contributed by atoms with van der Waals surface area (Å²) in [7, 11) is 0. The van der Waals surface area contributed by atoms with Gasteiger partial charge in [0.25, 0.3) is 0 Å². The van der Waals surface area contributed by atoms with E-state index in [-0.39, 0.29) is 0 Å². The number of carbonyl (C=O) groups excluding carboxylic acids is 1. The van der Waals surface area contributed by atoms with Crippen molar-refractivity contribution in [2.45, 2.75) is 20.4 Å². The Hall–Kier alpha value is -2.69. The van der Waals surface area contributed by atoms with Crippen LogP contribution in [0.3, 0.4) is 0 Å². The molecule has 106 valence electrons. The van der Waals surface area contributed by atoms with Crippen molar-refractivity contribution in [3.8, 4) is 5.69 Å². The Morgan fingerprint density at radius 1 is 1.10 bits per heavy atom. The zero-order valence-corrected chi connectivity index (χ0v) is 12.0. The highest BCUT2D eigenvalue weighted by Crippen LogP contribution is 2.13. The molecule has 0 aliphatic heterocycles. The summed E-state index contributed by atoms with van der Waals surface area (Å²) in [6, 6.07) is 11.9. The number of benzene rings is 1. The van der Waals surface area contributed by atoms with Crippen LogP contribution in [0.4, 0.5) is 0 Å². The molecule has 5 nitrogen and oxygen atoms in total. The normalized spacial score (nSPS) is 10.8. The number of aryl methyl sites for hydroxylation is 1. The molecule has 0 atom stereocenters. The third-order valence-corrected chi connectivity index (χ3v) is 3.53. The van der Waals surface area contributed by atoms with Crippen LogP contribution in [0.5, 0.6) is 0 Å². The van der Waals surface area contributed by atoms with Crippen molar-refractivity contribution in [1.82, 2.24) is 19.6 Å². The smallest absolute Gasteiger partial charge is 0.153 e. The van der Waals surface area contributed by atoms with Crippen molar-refractivity contribution >= 4 is 6.29 Å². The summed E-state index contributed by atoms with van der Waals surface area (Å²) in [6.45, 7) is 4.30. The maximum atomic E-state index is 11.0. The fraction of sp³-hybridized carbons (Fsp3) is 0.188. The van der Waals surface area contributed by atoms with Gasteiger partial charge in [0, 0.05) is 11.9 Å². The molecule has 0 amide bonds. The van der Waals surface area contributed by atoms with Crippen molar-refractivity contribution in [3.63, 3.8) is 0 Å². The number of carbonyl (C=O) groups is 1. The van der Waals surface area contributed by atoms with E-state index in [1.807, 2.05) is 65.8 Å². The molecule has 2 heterocycles. The highest BCUT2D eigenvalue weighted by Gasteiger charge is 2.11. The van der Waals surface area contributed by atoms with Crippen molar-refractivity contribution in [2.24, 2.45) is 0 Å². The van der Waals surface area contributed by atoms with E-state index in [9.17, 15) is 4.79 Å². The quantitative estimate of drug-likeness (QED) is 0.690. The lowest BCUT2D eigenvalue weighted by Gasteiger charge is -2.02. The Labute approximate surface area is 122 Å². The van der Waals surface area contributed by atoms with Crippen LogP contribution in [0.2, 0.25) is 0 Å². The first-order chi connectivity index (χ1) is 10.2. The van der Waals surface area contributed by atoms with Crippen molar-refractivity contribution in [1.29, 1.82) is 0 Å². The second-order valence-corrected chi connectivity index (χ2v) is 4.95. The Bertz CT molecular complexity index is 771. The number of rotatable bonds is 4. The van der Waals surface area contributed by atoms with Gasteiger partial charge in [-0.05, 0) is 32.0 Å². The van der Waals surface area contributed by atoms with Gasteiger partial charge in [-0.2, -0.15) is 10.2 Å². The van der Waals surface area contributed by atoms with Gasteiger partial charge in [0.2, 0.25) is 0 Å². The average molecular weight is 280 g/mol. The van der Waals surface area contributed by atoms with Crippen LogP contribution >= 0.6 is 0 Å². The van der Waals surface area contributed by atoms with Crippen LogP contribution in [0.25, 0.3) is 5.69 Å². The summed E-state index contributed by atoms with van der Waals surface area (Å²) in [5, 5.41) is 8.94. The third-order valence-electron chi connectivity index (χ3n) is 3.53. The zero-order chi connectivity index (χ0) is 14.8. The summed E-state index contributed by atoms with van der Waals surface area (Å²) in [6.07, 6.45) is 2.79. The van der Waals surface area contributed by atoms with Crippen molar-refractivity contribution in [3.05, 3.63) is 65.2 Å². The molecule has 2 aromatic heterocycles. The minimum atomic E-state index is 0.556. The Balaban J connectivity index is 1.87. The second kappa shape index (κ2) is 5.36. The number of nitrogens with zero attached hydrogens (tertiary/aromatic N) is 4. The van der Waals surface area contributed by atoms with Crippen LogP contribution in [-0.2, 0) is 6.54 Å². The van der Waals surface area contributed by atoms with Crippen LogP contribution in [0.1, 0.15) is 27.4 Å². The van der Waals surface area contributed by atoms with Gasteiger partial charge in [-0.15, -0.1) is 0 Å². The molecule has 5 heteroatoms. The molecule has 0 saturated heterocycles. The van der Waals surface area contributed by atoms with Gasteiger partial charge in [0.05, 0.1) is 29.2 Å². The van der Waals surface area contributed by atoms with Gasteiger partial charge in [0.1, 0.15) is 0 Å². The van der Waals surface area contributed by atoms with E-state index in [1.165, 1.54) is 0 Å². The Morgan fingerprint density at radius 2 is 1.86 bits per heavy atom. The minimum Gasteiger partial charge on any atom is -0.298 e. The first kappa shape index (κ1) is 13.3. The first-order valence-corrected chi connectivity index (χ1v) is 6.78. The number of para-hydroxylation sites is 1. The fourth-order valence-corrected chi connectivity index (χ4v) is 2.36. The maximum Gasteiger partial charge on any atom is 0.153 e. The van der Waals surface area contributed by atoms with E-state index in [4.69, 9.17) is 0 Å². The zero-order valence-electron chi connectivity index (χ0n) is 12.0. The average Bonchev–Trinajstić information content (AvgIpc) is 3.06. The molecule has 0 bridgehead atoms. The number of aldehydes is 1. The Kier molecular flexibility index (Phi) is 3.39.